The first kappa shape index (κ1) is 22.3. The number of hydrogen-bond donors (Lipinski definition) is 2. The van der Waals surface area contributed by atoms with E-state index in [1.165, 1.54) is 23.3 Å². The van der Waals surface area contributed by atoms with Crippen molar-refractivity contribution in [2.75, 3.05) is 53.6 Å². The number of carbonyl (C=O) groups is 2. The van der Waals surface area contributed by atoms with Crippen molar-refractivity contribution in [1.29, 1.82) is 0 Å². The highest BCUT2D eigenvalue weighted by Crippen LogP contribution is 2.41. The number of benzene rings is 1. The van der Waals surface area contributed by atoms with E-state index in [4.69, 9.17) is 14.2 Å². The third-order valence-corrected chi connectivity index (χ3v) is 6.79. The number of quaternary nitrogens is 1. The third-order valence-electron chi connectivity index (χ3n) is 5.92. The van der Waals surface area contributed by atoms with Crippen molar-refractivity contribution in [2.24, 2.45) is 0 Å². The lowest BCUT2D eigenvalue weighted by molar-refractivity contribution is -0.907. The molecule has 1 aromatic carbocycles. The molecule has 1 amide bonds. The molecule has 2 aliphatic rings. The lowest BCUT2D eigenvalue weighted by Gasteiger charge is -2.30. The number of carbonyl (C=O) groups excluding carboxylic acids is 2. The molecule has 0 bridgehead atoms. The molecule has 2 aromatic rings. The van der Waals surface area contributed by atoms with Crippen molar-refractivity contribution in [2.45, 2.75) is 6.04 Å². The number of nitrogens with one attached hydrogen (secondary N) is 1. The Labute approximate surface area is 190 Å². The number of rotatable bonds is 8. The van der Waals surface area contributed by atoms with E-state index >= 15 is 0 Å². The maximum absolute atomic E-state index is 13.3. The number of ketones is 1. The Morgan fingerprint density at radius 1 is 1.22 bits per heavy atom. The molecule has 0 aliphatic carbocycles. The third kappa shape index (κ3) is 4.23. The average molecular weight is 460 g/mol. The molecule has 170 valence electrons. The summed E-state index contributed by atoms with van der Waals surface area (Å²) in [5.41, 5.74) is 0.776. The molecule has 0 unspecified atom stereocenters. The molecular formula is C23H27N2O6S+. The summed E-state index contributed by atoms with van der Waals surface area (Å²) in [6, 6.07) is 8.06. The van der Waals surface area contributed by atoms with Gasteiger partial charge in [-0.05, 0) is 29.1 Å². The fourth-order valence-electron chi connectivity index (χ4n) is 4.21. The minimum atomic E-state index is -0.711. The van der Waals surface area contributed by atoms with E-state index < -0.39 is 17.7 Å². The van der Waals surface area contributed by atoms with Crippen molar-refractivity contribution in [1.82, 2.24) is 4.90 Å². The number of aliphatic hydroxyl groups is 1. The smallest absolute Gasteiger partial charge is 0.290 e. The van der Waals surface area contributed by atoms with Gasteiger partial charge in [0.05, 0.1) is 57.0 Å². The van der Waals surface area contributed by atoms with Crippen LogP contribution in [-0.2, 0) is 9.53 Å². The van der Waals surface area contributed by atoms with Crippen LogP contribution >= 0.6 is 11.3 Å². The number of Topliss-reactive ketones (excluding diaryl/α,β-unsaturated/α-hetero) is 1. The molecular weight excluding hydrogens is 432 g/mol. The Hall–Kier alpha value is -2.88. The Kier molecular flexibility index (Phi) is 6.78. The normalized spacial score (nSPS) is 19.5. The summed E-state index contributed by atoms with van der Waals surface area (Å²) in [5, 5.41) is 12.6. The van der Waals surface area contributed by atoms with Crippen LogP contribution in [0.25, 0.3) is 0 Å². The second-order valence-electron chi connectivity index (χ2n) is 7.70. The molecule has 9 heteroatoms. The van der Waals surface area contributed by atoms with Crippen LogP contribution in [0.3, 0.4) is 0 Å². The van der Waals surface area contributed by atoms with Gasteiger partial charge in [-0.25, -0.2) is 0 Å². The van der Waals surface area contributed by atoms with Gasteiger partial charge in [0.1, 0.15) is 13.1 Å². The number of aliphatic hydroxyl groups excluding tert-OH is 1. The number of hydrogen-bond acceptors (Lipinski definition) is 7. The molecule has 1 atom stereocenters. The number of nitrogens with zero attached hydrogens (tertiary/aromatic N) is 1. The van der Waals surface area contributed by atoms with E-state index in [0.717, 1.165) is 13.1 Å². The predicted molar refractivity (Wildman–Crippen MR) is 119 cm³/mol. The topological polar surface area (TPSA) is 89.7 Å². The van der Waals surface area contributed by atoms with Crippen LogP contribution in [0.15, 0.2) is 47.0 Å². The summed E-state index contributed by atoms with van der Waals surface area (Å²) in [6.45, 7) is 4.21. The minimum Gasteiger partial charge on any atom is -0.503 e. The highest BCUT2D eigenvalue weighted by atomic mass is 32.1. The number of methoxy groups -OCH3 is 2. The van der Waals surface area contributed by atoms with E-state index in [0.29, 0.717) is 48.2 Å². The zero-order valence-corrected chi connectivity index (χ0v) is 18.9. The van der Waals surface area contributed by atoms with E-state index in [1.54, 1.807) is 47.7 Å². The van der Waals surface area contributed by atoms with E-state index in [9.17, 15) is 14.7 Å². The van der Waals surface area contributed by atoms with E-state index in [-0.39, 0.29) is 11.4 Å². The number of thiophene rings is 1. The Morgan fingerprint density at radius 3 is 2.62 bits per heavy atom. The van der Waals surface area contributed by atoms with Crippen LogP contribution in [-0.4, -0.2) is 75.3 Å². The molecule has 2 aliphatic heterocycles. The molecule has 1 saturated heterocycles. The van der Waals surface area contributed by atoms with Gasteiger partial charge in [-0.2, -0.15) is 0 Å². The first-order chi connectivity index (χ1) is 15.5. The maximum atomic E-state index is 13.3. The molecule has 32 heavy (non-hydrogen) atoms. The highest BCUT2D eigenvalue weighted by Gasteiger charge is 2.44. The first-order valence-electron chi connectivity index (χ1n) is 10.5. The molecule has 3 heterocycles. The summed E-state index contributed by atoms with van der Waals surface area (Å²) in [7, 11) is 3.08. The van der Waals surface area contributed by atoms with Crippen molar-refractivity contribution in [3.63, 3.8) is 0 Å². The van der Waals surface area contributed by atoms with Crippen molar-refractivity contribution < 1.29 is 33.8 Å². The summed E-state index contributed by atoms with van der Waals surface area (Å²) < 4.78 is 16.2. The summed E-state index contributed by atoms with van der Waals surface area (Å²) in [4.78, 5) is 29.8. The van der Waals surface area contributed by atoms with Crippen LogP contribution in [0.5, 0.6) is 11.5 Å². The van der Waals surface area contributed by atoms with Gasteiger partial charge in [-0.15, -0.1) is 11.3 Å². The molecule has 8 nitrogen and oxygen atoms in total. The van der Waals surface area contributed by atoms with Gasteiger partial charge in [0, 0.05) is 0 Å². The van der Waals surface area contributed by atoms with Crippen LogP contribution in [0.2, 0.25) is 0 Å². The Balaban J connectivity index is 1.71. The Morgan fingerprint density at radius 2 is 1.97 bits per heavy atom. The van der Waals surface area contributed by atoms with Crippen LogP contribution in [0.1, 0.15) is 21.3 Å². The summed E-state index contributed by atoms with van der Waals surface area (Å²) >= 11 is 1.28. The van der Waals surface area contributed by atoms with E-state index in [1.807, 2.05) is 0 Å². The maximum Gasteiger partial charge on any atom is 0.290 e. The van der Waals surface area contributed by atoms with Crippen LogP contribution in [0, 0.1) is 0 Å². The fourth-order valence-corrected chi connectivity index (χ4v) is 4.89. The molecule has 2 N–H and O–H groups in total. The SMILES string of the molecule is COc1ccc([C@H]2C(C(=O)c3cccs3)=C(O)C(=O)N2CC[NH+]2CCOCC2)cc1OC. The molecule has 4 rings (SSSR count). The molecule has 0 radical (unpaired) electrons. The monoisotopic (exact) mass is 459 g/mol. The quantitative estimate of drug-likeness (QED) is 0.578. The standard InChI is InChI=1S/C23H26N2O6S/c1-29-16-6-5-15(14-17(16)30-2)20-19(21(26)18-4-3-13-32-18)22(27)23(28)25(20)8-7-24-9-11-31-12-10-24/h3-6,13-14,20,27H,7-12H2,1-2H3/p+1/t20-/m0/s1. The van der Waals surface area contributed by atoms with Gasteiger partial charge in [0.15, 0.2) is 17.3 Å². The molecule has 1 fully saturated rings. The average Bonchev–Trinajstić information content (AvgIpc) is 3.45. The number of amides is 1. The van der Waals surface area contributed by atoms with Gasteiger partial charge >= 0.3 is 0 Å². The highest BCUT2D eigenvalue weighted by molar-refractivity contribution is 7.12. The van der Waals surface area contributed by atoms with Gasteiger partial charge in [-0.3, -0.25) is 9.59 Å². The van der Waals surface area contributed by atoms with Crippen LogP contribution < -0.4 is 14.4 Å². The lowest BCUT2D eigenvalue weighted by Crippen LogP contribution is -3.14. The molecule has 1 aromatic heterocycles. The zero-order chi connectivity index (χ0) is 22.7. The van der Waals surface area contributed by atoms with Crippen molar-refractivity contribution in [3.05, 3.63) is 57.5 Å². The minimum absolute atomic E-state index is 0.0987. The lowest BCUT2D eigenvalue weighted by atomic mass is 9.95. The summed E-state index contributed by atoms with van der Waals surface area (Å²) in [5.74, 6) is -0.320. The van der Waals surface area contributed by atoms with Crippen molar-refractivity contribution in [3.8, 4) is 11.5 Å². The van der Waals surface area contributed by atoms with Crippen molar-refractivity contribution >= 4 is 23.0 Å². The zero-order valence-electron chi connectivity index (χ0n) is 18.1. The number of morpholine rings is 1. The molecule has 0 saturated carbocycles. The van der Waals surface area contributed by atoms with Gasteiger partial charge in [0.25, 0.3) is 5.91 Å². The van der Waals surface area contributed by atoms with E-state index in [2.05, 4.69) is 0 Å². The molecule has 0 spiro atoms. The van der Waals surface area contributed by atoms with Gasteiger partial charge < -0.3 is 29.1 Å². The first-order valence-corrected chi connectivity index (χ1v) is 11.4. The largest absolute Gasteiger partial charge is 0.503 e. The second-order valence-corrected chi connectivity index (χ2v) is 8.64. The fraction of sp³-hybridized carbons (Fsp3) is 0.391. The number of ether oxygens (including phenoxy) is 3. The predicted octanol–water partition coefficient (Wildman–Crippen LogP) is 1.26. The Bertz CT molecular complexity index is 1010. The van der Waals surface area contributed by atoms with Crippen LogP contribution in [0.4, 0.5) is 0 Å². The second kappa shape index (κ2) is 9.72. The van der Waals surface area contributed by atoms with Gasteiger partial charge in [0.2, 0.25) is 5.78 Å². The van der Waals surface area contributed by atoms with Gasteiger partial charge in [-0.1, -0.05) is 12.1 Å². The summed E-state index contributed by atoms with van der Waals surface area (Å²) in [6.07, 6.45) is 0.